The Balaban J connectivity index is 1.84. The van der Waals surface area contributed by atoms with Crippen LogP contribution in [-0.4, -0.2) is 27.7 Å². The maximum atomic E-state index is 11.7. The fraction of sp³-hybridized carbons (Fsp3) is 0.261. The Kier molecular flexibility index (Phi) is 5.65. The Hall–Kier alpha value is -3.39. The van der Waals surface area contributed by atoms with E-state index in [0.29, 0.717) is 16.5 Å². The molecule has 2 aromatic heterocycles. The summed E-state index contributed by atoms with van der Waals surface area (Å²) in [4.78, 5) is 18.4. The summed E-state index contributed by atoms with van der Waals surface area (Å²) in [5, 5.41) is 6.90. The minimum atomic E-state index is -0.168. The van der Waals surface area contributed by atoms with Gasteiger partial charge >= 0.3 is 0 Å². The van der Waals surface area contributed by atoms with E-state index in [-0.39, 0.29) is 18.0 Å². The summed E-state index contributed by atoms with van der Waals surface area (Å²) >= 11 is 5.78. The number of nitrogens with zero attached hydrogens (tertiary/aromatic N) is 3. The predicted molar refractivity (Wildman–Crippen MR) is 125 cm³/mol. The average molecular weight is 436 g/mol. The summed E-state index contributed by atoms with van der Waals surface area (Å²) in [7, 11) is 3.63. The van der Waals surface area contributed by atoms with Crippen molar-refractivity contribution in [1.82, 2.24) is 14.9 Å². The molecule has 3 heterocycles. The van der Waals surface area contributed by atoms with Crippen molar-refractivity contribution in [2.45, 2.75) is 25.9 Å². The fourth-order valence-electron chi connectivity index (χ4n) is 4.00. The van der Waals surface area contributed by atoms with Gasteiger partial charge in [-0.15, -0.1) is 0 Å². The highest BCUT2D eigenvalue weighted by Crippen LogP contribution is 2.43. The van der Waals surface area contributed by atoms with Gasteiger partial charge in [-0.3, -0.25) is 9.78 Å². The van der Waals surface area contributed by atoms with E-state index < -0.39 is 0 Å². The maximum Gasteiger partial charge on any atom is 0.221 e. The van der Waals surface area contributed by atoms with E-state index in [9.17, 15) is 4.79 Å². The van der Waals surface area contributed by atoms with E-state index in [1.54, 1.807) is 13.3 Å². The minimum absolute atomic E-state index is 0.125. The Morgan fingerprint density at radius 2 is 2.03 bits per heavy atom. The summed E-state index contributed by atoms with van der Waals surface area (Å²) in [6.45, 7) is 3.55. The van der Waals surface area contributed by atoms with Crippen molar-refractivity contribution in [3.63, 3.8) is 0 Å². The second-order valence-electron chi connectivity index (χ2n) is 7.52. The number of methoxy groups -OCH3 is 1. The highest BCUT2D eigenvalue weighted by atomic mass is 32.1. The van der Waals surface area contributed by atoms with Crippen LogP contribution in [-0.2, 0) is 11.8 Å². The van der Waals surface area contributed by atoms with Gasteiger partial charge in [-0.05, 0) is 61.6 Å². The van der Waals surface area contributed by atoms with Gasteiger partial charge in [0.25, 0.3) is 0 Å². The van der Waals surface area contributed by atoms with Crippen LogP contribution in [0.25, 0.3) is 0 Å². The van der Waals surface area contributed by atoms with Crippen LogP contribution in [0.1, 0.15) is 36.1 Å². The molecule has 1 fully saturated rings. The van der Waals surface area contributed by atoms with E-state index in [1.807, 2.05) is 36.4 Å². The smallest absolute Gasteiger partial charge is 0.221 e. The first kappa shape index (κ1) is 20.9. The molecule has 0 radical (unpaired) electrons. The summed E-state index contributed by atoms with van der Waals surface area (Å²) < 4.78 is 7.59. The molecule has 7 nitrogen and oxygen atoms in total. The van der Waals surface area contributed by atoms with Gasteiger partial charge in [0.2, 0.25) is 5.91 Å². The third kappa shape index (κ3) is 3.86. The lowest BCUT2D eigenvalue weighted by atomic mass is 10.0. The van der Waals surface area contributed by atoms with Crippen LogP contribution in [0.15, 0.2) is 54.7 Å². The number of benzene rings is 1. The van der Waals surface area contributed by atoms with E-state index in [1.165, 1.54) is 6.92 Å². The molecule has 31 heavy (non-hydrogen) atoms. The molecule has 0 aliphatic carbocycles. The molecule has 1 aromatic carbocycles. The lowest BCUT2D eigenvalue weighted by Gasteiger charge is -2.29. The maximum absolute atomic E-state index is 11.7. The molecule has 4 rings (SSSR count). The average Bonchev–Trinajstić information content (AvgIpc) is 3.27. The van der Waals surface area contributed by atoms with Crippen LogP contribution in [0, 0.1) is 6.92 Å². The standard InChI is InChI=1S/C23H25N5O2S/c1-14-8-10-19(27(14)3)22-21(17-7-5-6-12-24-17)26-23(31)28(22)16-9-11-20(30-4)18(13-16)25-15(2)29/h5-13,21-22H,1-4H3,(H,25,29)(H,26,31)/t21-,22-/m0/s1. The number of ether oxygens (including phenoxy) is 1. The van der Waals surface area contributed by atoms with Crippen molar-refractivity contribution in [3.05, 3.63) is 71.8 Å². The molecule has 1 aliphatic heterocycles. The monoisotopic (exact) mass is 435 g/mol. The summed E-state index contributed by atoms with van der Waals surface area (Å²) in [5.41, 5.74) is 4.62. The number of hydrogen-bond acceptors (Lipinski definition) is 4. The number of aromatic nitrogens is 2. The summed E-state index contributed by atoms with van der Waals surface area (Å²) in [6, 6.07) is 15.5. The van der Waals surface area contributed by atoms with Crippen LogP contribution in [0.4, 0.5) is 11.4 Å². The van der Waals surface area contributed by atoms with E-state index in [4.69, 9.17) is 17.0 Å². The van der Waals surface area contributed by atoms with Crippen molar-refractivity contribution in [2.75, 3.05) is 17.3 Å². The van der Waals surface area contributed by atoms with Crippen LogP contribution in [0.5, 0.6) is 5.75 Å². The zero-order valence-corrected chi connectivity index (χ0v) is 18.7. The van der Waals surface area contributed by atoms with Crippen LogP contribution in [0.3, 0.4) is 0 Å². The number of carbonyl (C=O) groups is 1. The van der Waals surface area contributed by atoms with Crippen molar-refractivity contribution in [2.24, 2.45) is 7.05 Å². The molecule has 1 amide bonds. The molecule has 0 saturated carbocycles. The fourth-order valence-corrected chi connectivity index (χ4v) is 4.34. The van der Waals surface area contributed by atoms with E-state index in [0.717, 1.165) is 22.8 Å². The molecule has 2 atom stereocenters. The normalized spacial score (nSPS) is 18.1. The van der Waals surface area contributed by atoms with Crippen molar-refractivity contribution in [1.29, 1.82) is 0 Å². The second-order valence-corrected chi connectivity index (χ2v) is 7.91. The van der Waals surface area contributed by atoms with Gasteiger partial charge in [-0.2, -0.15) is 0 Å². The Morgan fingerprint density at radius 3 is 2.65 bits per heavy atom. The number of pyridine rings is 1. The lowest BCUT2D eigenvalue weighted by Crippen LogP contribution is -2.30. The summed E-state index contributed by atoms with van der Waals surface area (Å²) in [5.74, 6) is 0.420. The van der Waals surface area contributed by atoms with Gasteiger partial charge in [-0.1, -0.05) is 6.07 Å². The number of aryl methyl sites for hydroxylation is 1. The Morgan fingerprint density at radius 1 is 1.23 bits per heavy atom. The molecule has 0 unspecified atom stereocenters. The Labute approximate surface area is 187 Å². The number of hydrogen-bond donors (Lipinski definition) is 2. The molecule has 0 bridgehead atoms. The van der Waals surface area contributed by atoms with Gasteiger partial charge in [0, 0.05) is 37.2 Å². The van der Waals surface area contributed by atoms with Gasteiger partial charge in [0.05, 0.1) is 24.5 Å². The van der Waals surface area contributed by atoms with Crippen LogP contribution in [0.2, 0.25) is 0 Å². The predicted octanol–water partition coefficient (Wildman–Crippen LogP) is 3.87. The third-order valence-electron chi connectivity index (χ3n) is 5.58. The number of rotatable bonds is 5. The number of nitrogens with one attached hydrogen (secondary N) is 2. The highest BCUT2D eigenvalue weighted by molar-refractivity contribution is 7.80. The second kappa shape index (κ2) is 8.39. The van der Waals surface area contributed by atoms with Crippen LogP contribution >= 0.6 is 12.2 Å². The molecule has 0 spiro atoms. The van der Waals surface area contributed by atoms with Gasteiger partial charge in [-0.25, -0.2) is 0 Å². The van der Waals surface area contributed by atoms with E-state index in [2.05, 4.69) is 51.2 Å². The zero-order valence-electron chi connectivity index (χ0n) is 17.9. The third-order valence-corrected chi connectivity index (χ3v) is 5.90. The van der Waals surface area contributed by atoms with E-state index >= 15 is 0 Å². The summed E-state index contributed by atoms with van der Waals surface area (Å²) in [6.07, 6.45) is 1.79. The lowest BCUT2D eigenvalue weighted by molar-refractivity contribution is -0.114. The Bertz CT molecular complexity index is 1130. The molecular weight excluding hydrogens is 410 g/mol. The SMILES string of the molecule is COc1ccc(N2C(=S)N[C@@H](c3ccccn3)[C@@H]2c2ccc(C)n2C)cc1NC(C)=O. The first-order valence-electron chi connectivity index (χ1n) is 9.99. The number of amides is 1. The molecule has 2 N–H and O–H groups in total. The van der Waals surface area contributed by atoms with Crippen molar-refractivity contribution < 1.29 is 9.53 Å². The molecule has 8 heteroatoms. The van der Waals surface area contributed by atoms with Crippen molar-refractivity contribution in [3.8, 4) is 5.75 Å². The molecule has 160 valence electrons. The largest absolute Gasteiger partial charge is 0.495 e. The highest BCUT2D eigenvalue weighted by Gasteiger charge is 2.42. The minimum Gasteiger partial charge on any atom is -0.495 e. The van der Waals surface area contributed by atoms with Gasteiger partial charge in [0.15, 0.2) is 5.11 Å². The first-order valence-corrected chi connectivity index (χ1v) is 10.4. The molecule has 3 aromatic rings. The van der Waals surface area contributed by atoms with Gasteiger partial charge < -0.3 is 24.8 Å². The molecular formula is C23H25N5O2S. The number of anilines is 2. The zero-order chi connectivity index (χ0) is 22.1. The topological polar surface area (TPSA) is 71.4 Å². The first-order chi connectivity index (χ1) is 14.9. The van der Waals surface area contributed by atoms with Crippen molar-refractivity contribution >= 4 is 34.6 Å². The number of thiocarbonyl (C=S) groups is 1. The number of carbonyl (C=O) groups excluding carboxylic acids is 1. The van der Waals surface area contributed by atoms with Crippen LogP contribution < -0.4 is 20.3 Å². The van der Waals surface area contributed by atoms with Gasteiger partial charge in [0.1, 0.15) is 11.8 Å². The molecule has 1 aliphatic rings. The quantitative estimate of drug-likeness (QED) is 0.593. The molecule has 1 saturated heterocycles.